The van der Waals surface area contributed by atoms with Crippen LogP contribution in [0.2, 0.25) is 10.0 Å². The minimum absolute atomic E-state index is 0.176. The molecule has 0 aliphatic heterocycles. The molecule has 0 unspecified atom stereocenters. The van der Waals surface area contributed by atoms with Crippen molar-refractivity contribution in [1.29, 1.82) is 0 Å². The van der Waals surface area contributed by atoms with Gasteiger partial charge in [0.05, 0.1) is 21.5 Å². The molecule has 3 aromatic rings. The minimum Gasteiger partial charge on any atom is -0.324 e. The Balaban J connectivity index is 1.66. The third-order valence-electron chi connectivity index (χ3n) is 4.00. The Bertz CT molecular complexity index is 947. The lowest BCUT2D eigenvalue weighted by molar-refractivity contribution is -0.113. The summed E-state index contributed by atoms with van der Waals surface area (Å²) in [6.45, 7) is 2.91. The van der Waals surface area contributed by atoms with Gasteiger partial charge in [-0.25, -0.2) is 0 Å². The van der Waals surface area contributed by atoms with Gasteiger partial charge < -0.3 is 9.88 Å². The molecular formula is C20H20Cl2N4OS. The number of anilines is 1. The van der Waals surface area contributed by atoms with Crippen LogP contribution in [0.1, 0.15) is 24.7 Å². The van der Waals surface area contributed by atoms with Gasteiger partial charge in [-0.05, 0) is 24.1 Å². The fourth-order valence-corrected chi connectivity index (χ4v) is 3.83. The molecule has 0 bridgehead atoms. The SMILES string of the molecule is CCCn1c(Cc2ccccc2)nnc1SCC(=O)Nc1cccc(Cl)c1Cl. The first-order valence-corrected chi connectivity index (χ1v) is 10.6. The number of hydrogen-bond donors (Lipinski definition) is 1. The summed E-state index contributed by atoms with van der Waals surface area (Å²) in [4.78, 5) is 12.3. The highest BCUT2D eigenvalue weighted by molar-refractivity contribution is 7.99. The second kappa shape index (κ2) is 9.96. The molecule has 1 amide bonds. The number of amides is 1. The summed E-state index contributed by atoms with van der Waals surface area (Å²) >= 11 is 13.5. The van der Waals surface area contributed by atoms with Crippen molar-refractivity contribution in [2.45, 2.75) is 31.5 Å². The van der Waals surface area contributed by atoms with Gasteiger partial charge in [-0.2, -0.15) is 0 Å². The van der Waals surface area contributed by atoms with Crippen molar-refractivity contribution in [2.24, 2.45) is 0 Å². The highest BCUT2D eigenvalue weighted by Crippen LogP contribution is 2.29. The van der Waals surface area contributed by atoms with E-state index in [2.05, 4.69) is 39.1 Å². The number of carbonyl (C=O) groups excluding carboxylic acids is 1. The van der Waals surface area contributed by atoms with Crippen LogP contribution in [0.5, 0.6) is 0 Å². The number of carbonyl (C=O) groups is 1. The fraction of sp³-hybridized carbons (Fsp3) is 0.250. The van der Waals surface area contributed by atoms with Crippen molar-refractivity contribution < 1.29 is 4.79 Å². The lowest BCUT2D eigenvalue weighted by atomic mass is 10.1. The zero-order valence-electron chi connectivity index (χ0n) is 15.4. The third-order valence-corrected chi connectivity index (χ3v) is 5.79. The molecule has 8 heteroatoms. The standard InChI is InChI=1S/C20H20Cl2N4OS/c1-2-11-26-17(12-14-7-4-3-5-8-14)24-25-20(26)28-13-18(27)23-16-10-6-9-15(21)19(16)22/h3-10H,2,11-13H2,1H3,(H,23,27). The number of thioether (sulfide) groups is 1. The van der Waals surface area contributed by atoms with Crippen LogP contribution in [0.15, 0.2) is 53.7 Å². The van der Waals surface area contributed by atoms with Gasteiger partial charge in [0.25, 0.3) is 0 Å². The van der Waals surface area contributed by atoms with Gasteiger partial charge in [-0.3, -0.25) is 4.79 Å². The first-order valence-electron chi connectivity index (χ1n) is 8.91. The maximum atomic E-state index is 12.3. The number of halogens is 2. The number of rotatable bonds is 8. The van der Waals surface area contributed by atoms with Crippen LogP contribution in [0.3, 0.4) is 0 Å². The molecule has 1 N–H and O–H groups in total. The second-order valence-electron chi connectivity index (χ2n) is 6.15. The van der Waals surface area contributed by atoms with Crippen LogP contribution in [-0.4, -0.2) is 26.4 Å². The summed E-state index contributed by atoms with van der Waals surface area (Å²) in [5, 5.41) is 12.9. The Kier molecular flexibility index (Phi) is 7.36. The molecule has 0 atom stereocenters. The Morgan fingerprint density at radius 3 is 2.64 bits per heavy atom. The molecule has 0 saturated heterocycles. The van der Waals surface area contributed by atoms with E-state index in [9.17, 15) is 4.79 Å². The summed E-state index contributed by atoms with van der Waals surface area (Å²) in [5.74, 6) is 0.925. The van der Waals surface area contributed by atoms with Crippen LogP contribution in [0.25, 0.3) is 0 Å². The van der Waals surface area contributed by atoms with Crippen LogP contribution < -0.4 is 5.32 Å². The summed E-state index contributed by atoms with van der Waals surface area (Å²) in [6, 6.07) is 15.3. The van der Waals surface area contributed by atoms with E-state index in [1.165, 1.54) is 17.3 Å². The van der Waals surface area contributed by atoms with Crippen LogP contribution >= 0.6 is 35.0 Å². The average Bonchev–Trinajstić information content (AvgIpc) is 3.06. The quantitative estimate of drug-likeness (QED) is 0.487. The fourth-order valence-electron chi connectivity index (χ4n) is 2.70. The van der Waals surface area contributed by atoms with Gasteiger partial charge in [0, 0.05) is 13.0 Å². The van der Waals surface area contributed by atoms with E-state index in [-0.39, 0.29) is 11.7 Å². The van der Waals surface area contributed by atoms with E-state index in [0.717, 1.165) is 23.9 Å². The summed E-state index contributed by atoms with van der Waals surface area (Å²) < 4.78 is 2.08. The van der Waals surface area contributed by atoms with Crippen molar-refractivity contribution in [2.75, 3.05) is 11.1 Å². The molecule has 0 spiro atoms. The van der Waals surface area contributed by atoms with E-state index in [1.54, 1.807) is 18.2 Å². The van der Waals surface area contributed by atoms with E-state index < -0.39 is 0 Å². The van der Waals surface area contributed by atoms with E-state index in [1.807, 2.05) is 18.2 Å². The van der Waals surface area contributed by atoms with Crippen molar-refractivity contribution in [3.63, 3.8) is 0 Å². The Hall–Kier alpha value is -2.02. The lowest BCUT2D eigenvalue weighted by Gasteiger charge is -2.10. The van der Waals surface area contributed by atoms with E-state index >= 15 is 0 Å². The Morgan fingerprint density at radius 2 is 1.89 bits per heavy atom. The lowest BCUT2D eigenvalue weighted by Crippen LogP contribution is -2.15. The Labute approximate surface area is 178 Å². The van der Waals surface area contributed by atoms with Crippen molar-refractivity contribution in [3.05, 3.63) is 70.0 Å². The van der Waals surface area contributed by atoms with Gasteiger partial charge >= 0.3 is 0 Å². The largest absolute Gasteiger partial charge is 0.324 e. The molecule has 5 nitrogen and oxygen atoms in total. The molecular weight excluding hydrogens is 415 g/mol. The van der Waals surface area contributed by atoms with Crippen molar-refractivity contribution >= 4 is 46.6 Å². The monoisotopic (exact) mass is 434 g/mol. The topological polar surface area (TPSA) is 59.8 Å². The summed E-state index contributed by atoms with van der Waals surface area (Å²) in [7, 11) is 0. The van der Waals surface area contributed by atoms with Crippen LogP contribution in [0, 0.1) is 0 Å². The number of benzene rings is 2. The molecule has 1 aromatic heterocycles. The molecule has 28 heavy (non-hydrogen) atoms. The van der Waals surface area contributed by atoms with Gasteiger partial charge in [-0.1, -0.05) is 78.3 Å². The predicted octanol–water partition coefficient (Wildman–Crippen LogP) is 5.32. The smallest absolute Gasteiger partial charge is 0.234 e. The number of nitrogens with zero attached hydrogens (tertiary/aromatic N) is 3. The number of aromatic nitrogens is 3. The molecule has 2 aromatic carbocycles. The minimum atomic E-state index is -0.176. The van der Waals surface area contributed by atoms with Gasteiger partial charge in [0.1, 0.15) is 5.82 Å². The van der Waals surface area contributed by atoms with Crippen molar-refractivity contribution in [3.8, 4) is 0 Å². The molecule has 146 valence electrons. The second-order valence-corrected chi connectivity index (χ2v) is 7.88. The average molecular weight is 435 g/mol. The zero-order valence-corrected chi connectivity index (χ0v) is 17.7. The molecule has 0 radical (unpaired) electrons. The third kappa shape index (κ3) is 5.28. The Morgan fingerprint density at radius 1 is 1.11 bits per heavy atom. The molecule has 0 aliphatic carbocycles. The van der Waals surface area contributed by atoms with Crippen molar-refractivity contribution in [1.82, 2.24) is 14.8 Å². The van der Waals surface area contributed by atoms with Gasteiger partial charge in [-0.15, -0.1) is 10.2 Å². The maximum Gasteiger partial charge on any atom is 0.234 e. The molecule has 0 fully saturated rings. The molecule has 3 rings (SSSR count). The normalized spacial score (nSPS) is 10.8. The molecule has 1 heterocycles. The summed E-state index contributed by atoms with van der Waals surface area (Å²) in [6.07, 6.45) is 1.66. The highest BCUT2D eigenvalue weighted by atomic mass is 35.5. The highest BCUT2D eigenvalue weighted by Gasteiger charge is 2.15. The first-order chi connectivity index (χ1) is 13.6. The number of hydrogen-bond acceptors (Lipinski definition) is 4. The van der Waals surface area contributed by atoms with E-state index in [0.29, 0.717) is 22.2 Å². The van der Waals surface area contributed by atoms with E-state index in [4.69, 9.17) is 23.2 Å². The van der Waals surface area contributed by atoms with Crippen LogP contribution in [0.4, 0.5) is 5.69 Å². The van der Waals surface area contributed by atoms with Gasteiger partial charge in [0.15, 0.2) is 5.16 Å². The zero-order chi connectivity index (χ0) is 19.9. The maximum absolute atomic E-state index is 12.3. The molecule has 0 saturated carbocycles. The molecule has 0 aliphatic rings. The number of nitrogens with one attached hydrogen (secondary N) is 1. The summed E-state index contributed by atoms with van der Waals surface area (Å²) in [5.41, 5.74) is 1.68. The van der Waals surface area contributed by atoms with Gasteiger partial charge in [0.2, 0.25) is 5.91 Å². The predicted molar refractivity (Wildman–Crippen MR) is 115 cm³/mol. The van der Waals surface area contributed by atoms with Crippen LogP contribution in [-0.2, 0) is 17.8 Å². The first kappa shape index (κ1) is 20.7.